The predicted octanol–water partition coefficient (Wildman–Crippen LogP) is 3.06. The summed E-state index contributed by atoms with van der Waals surface area (Å²) in [6.07, 6.45) is 8.82. The summed E-state index contributed by atoms with van der Waals surface area (Å²) in [6, 6.07) is -0.869. The van der Waals surface area contributed by atoms with E-state index in [0.717, 1.165) is 30.9 Å². The Morgan fingerprint density at radius 3 is 2.50 bits per heavy atom. The number of benzene rings is 1. The third-order valence-corrected chi connectivity index (χ3v) is 15.0. The Morgan fingerprint density at radius 1 is 1.10 bits per heavy atom. The van der Waals surface area contributed by atoms with Crippen LogP contribution in [0.5, 0.6) is 5.75 Å². The summed E-state index contributed by atoms with van der Waals surface area (Å²) in [5.74, 6) is -4.54. The van der Waals surface area contributed by atoms with Crippen molar-refractivity contribution in [3.8, 4) is 5.75 Å². The highest BCUT2D eigenvalue weighted by molar-refractivity contribution is 6.01. The molecule has 1 aromatic heterocycles. The van der Waals surface area contributed by atoms with Gasteiger partial charge in [-0.2, -0.15) is 0 Å². The lowest BCUT2D eigenvalue weighted by Crippen LogP contribution is -2.61. The van der Waals surface area contributed by atoms with Crippen LogP contribution >= 0.6 is 0 Å². The first kappa shape index (κ1) is 41.8. The van der Waals surface area contributed by atoms with Crippen LogP contribution in [0.4, 0.5) is 10.1 Å². The molecule has 16 heteroatoms. The van der Waals surface area contributed by atoms with Gasteiger partial charge in [-0.1, -0.05) is 25.5 Å². The Balaban J connectivity index is 0.899. The van der Waals surface area contributed by atoms with E-state index in [4.69, 9.17) is 15.2 Å². The first-order valence-corrected chi connectivity index (χ1v) is 20.9. The van der Waals surface area contributed by atoms with Crippen LogP contribution in [-0.4, -0.2) is 111 Å². The van der Waals surface area contributed by atoms with Crippen molar-refractivity contribution in [3.63, 3.8) is 0 Å². The highest BCUT2D eigenvalue weighted by Crippen LogP contribution is 2.67. The Morgan fingerprint density at radius 2 is 1.83 bits per heavy atom. The van der Waals surface area contributed by atoms with Crippen molar-refractivity contribution < 1.29 is 53.2 Å². The number of pyridine rings is 1. The number of esters is 1. The molecule has 2 aromatic rings. The summed E-state index contributed by atoms with van der Waals surface area (Å²) >= 11 is 0. The summed E-state index contributed by atoms with van der Waals surface area (Å²) in [6.45, 7) is 5.28. The molecule has 322 valence electrons. The van der Waals surface area contributed by atoms with Gasteiger partial charge in [0.2, 0.25) is 17.1 Å². The van der Waals surface area contributed by atoms with Crippen molar-refractivity contribution in [1.82, 2.24) is 9.47 Å². The van der Waals surface area contributed by atoms with E-state index in [1.807, 2.05) is 19.9 Å². The van der Waals surface area contributed by atoms with E-state index in [1.165, 1.54) is 18.2 Å². The fourth-order valence-corrected chi connectivity index (χ4v) is 11.8. The predicted molar refractivity (Wildman–Crippen MR) is 215 cm³/mol. The van der Waals surface area contributed by atoms with Crippen molar-refractivity contribution in [2.45, 2.75) is 102 Å². The molecule has 8 rings (SSSR count). The van der Waals surface area contributed by atoms with Crippen molar-refractivity contribution in [2.24, 2.45) is 34.3 Å². The highest BCUT2D eigenvalue weighted by Gasteiger charge is 2.68. The number of rotatable bonds is 10. The molecule has 5 aliphatic carbocycles. The number of carboxylic acid groups (broad SMARTS) is 1. The summed E-state index contributed by atoms with van der Waals surface area (Å²) in [5.41, 5.74) is 3.01. The Hall–Kier alpha value is -4.93. The number of halogens is 1. The zero-order valence-electron chi connectivity index (χ0n) is 34.3. The van der Waals surface area contributed by atoms with Gasteiger partial charge in [0, 0.05) is 54.7 Å². The van der Waals surface area contributed by atoms with Crippen LogP contribution in [0.3, 0.4) is 0 Å². The maximum atomic E-state index is 16.0. The number of aromatic carboxylic acids is 1. The molecule has 1 amide bonds. The number of fused-ring (bicyclic) bond motifs is 6. The Labute approximate surface area is 346 Å². The van der Waals surface area contributed by atoms with Crippen LogP contribution in [0, 0.1) is 34.4 Å². The van der Waals surface area contributed by atoms with Crippen molar-refractivity contribution in [1.29, 1.82) is 0 Å². The SMILES string of the molecule is COc1c(N2CCN(C(=O)C(N)CC(=O)OCC(=O)[C@@]3(O)CC[C@H]4C5CCC6=CC(=O)C=C[C@]6(C)[C@H]5[C@@H](O)C[C@@]43C)C(C)C2)c(F)cc2c(=O)c(C(=O)O)cn(C3CC3)c12. The second kappa shape index (κ2) is 14.9. The minimum Gasteiger partial charge on any atom is -0.492 e. The van der Waals surface area contributed by atoms with Gasteiger partial charge in [0.1, 0.15) is 16.9 Å². The lowest BCUT2D eigenvalue weighted by molar-refractivity contribution is -0.181. The first-order valence-electron chi connectivity index (χ1n) is 20.9. The maximum Gasteiger partial charge on any atom is 0.341 e. The molecular weight excluding hydrogens is 779 g/mol. The maximum absolute atomic E-state index is 16.0. The number of Topliss-reactive ketones (excluding diaryl/α,β-unsaturated/α-hetero) is 1. The molecule has 1 saturated heterocycles. The number of amides is 1. The molecule has 0 spiro atoms. The number of hydrogen-bond acceptors (Lipinski definition) is 12. The zero-order chi connectivity index (χ0) is 43.2. The van der Waals surface area contributed by atoms with Crippen LogP contribution in [0.2, 0.25) is 0 Å². The number of carboxylic acids is 1. The molecule has 5 fully saturated rings. The molecule has 5 N–H and O–H groups in total. The Kier molecular flexibility index (Phi) is 10.4. The van der Waals surface area contributed by atoms with Gasteiger partial charge in [-0.25, -0.2) is 9.18 Å². The number of ketones is 2. The third-order valence-electron chi connectivity index (χ3n) is 15.0. The number of anilines is 1. The number of allylic oxidation sites excluding steroid dienone is 4. The highest BCUT2D eigenvalue weighted by atomic mass is 19.1. The molecule has 6 aliphatic rings. The number of piperazine rings is 1. The van der Waals surface area contributed by atoms with Gasteiger partial charge in [0.25, 0.3) is 0 Å². The molecule has 9 atom stereocenters. The fraction of sp³-hybridized carbons (Fsp3) is 0.591. The van der Waals surface area contributed by atoms with Gasteiger partial charge >= 0.3 is 11.9 Å². The lowest BCUT2D eigenvalue weighted by atomic mass is 9.46. The normalized spacial score (nSPS) is 32.8. The summed E-state index contributed by atoms with van der Waals surface area (Å²) in [5, 5.41) is 33.2. The van der Waals surface area contributed by atoms with Crippen molar-refractivity contribution in [2.75, 3.05) is 38.3 Å². The van der Waals surface area contributed by atoms with Gasteiger partial charge in [0.05, 0.1) is 36.6 Å². The van der Waals surface area contributed by atoms with E-state index >= 15 is 4.39 Å². The van der Waals surface area contributed by atoms with Gasteiger partial charge < -0.3 is 44.9 Å². The molecule has 1 aromatic carbocycles. The second-order valence-electron chi connectivity index (χ2n) is 18.3. The number of ether oxygens (including phenoxy) is 2. The molecule has 4 saturated carbocycles. The van der Waals surface area contributed by atoms with Gasteiger partial charge in [-0.3, -0.25) is 24.0 Å². The minimum absolute atomic E-state index is 0.00482. The number of hydrogen-bond donors (Lipinski definition) is 4. The number of nitrogens with zero attached hydrogens (tertiary/aromatic N) is 3. The van der Waals surface area contributed by atoms with Gasteiger partial charge in [-0.05, 0) is 81.9 Å². The van der Waals surface area contributed by atoms with E-state index in [2.05, 4.69) is 0 Å². The number of carbonyl (C=O) groups is 5. The summed E-state index contributed by atoms with van der Waals surface area (Å²) < 4.78 is 28.7. The topological polar surface area (TPSA) is 219 Å². The Bertz CT molecular complexity index is 2320. The zero-order valence-corrected chi connectivity index (χ0v) is 34.3. The average molecular weight is 833 g/mol. The van der Waals surface area contributed by atoms with Crippen LogP contribution in [0.15, 0.2) is 40.9 Å². The van der Waals surface area contributed by atoms with Crippen LogP contribution < -0.4 is 20.8 Å². The standard InChI is InChI=1S/C44H53FN4O11/c1-22-19-47(37-30(45)16-27-36(39(37)59-4)49(24-6-7-24)20-28(38(27)54)41(56)57)13-14-48(22)40(55)31(46)17-34(53)60-21-33(52)44(58)12-10-29-26-8-5-23-15-25(50)9-11-42(23,2)35(26)32(51)18-43(29,44)3/h9,11,15-16,20,22,24,26,29,31-32,35,51,58H,5-8,10,12-14,17-19,21,46H2,1-4H3,(H,56,57)/t22?,26?,29-,31?,32-,35+,42-,43-,44-/m0/s1. The smallest absolute Gasteiger partial charge is 0.341 e. The largest absolute Gasteiger partial charge is 0.492 e. The molecule has 60 heavy (non-hydrogen) atoms. The van der Waals surface area contributed by atoms with E-state index < -0.39 is 88.1 Å². The number of aromatic nitrogens is 1. The number of aliphatic hydroxyl groups excluding tert-OH is 1. The van der Waals surface area contributed by atoms with Crippen molar-refractivity contribution >= 4 is 46.0 Å². The molecule has 0 bridgehead atoms. The van der Waals surface area contributed by atoms with E-state index in [9.17, 15) is 44.1 Å². The molecule has 3 unspecified atom stereocenters. The molecule has 2 heterocycles. The van der Waals surface area contributed by atoms with E-state index in [1.54, 1.807) is 28.5 Å². The quantitative estimate of drug-likeness (QED) is 0.254. The number of nitrogens with two attached hydrogens (primary N) is 1. The first-order chi connectivity index (χ1) is 28.3. The molecule has 15 nitrogen and oxygen atoms in total. The number of aliphatic hydroxyl groups is 2. The third kappa shape index (κ3) is 6.48. The van der Waals surface area contributed by atoms with E-state index in [0.29, 0.717) is 18.4 Å². The monoisotopic (exact) mass is 832 g/mol. The minimum atomic E-state index is -1.85. The number of methoxy groups -OCH3 is 1. The van der Waals surface area contributed by atoms with Crippen molar-refractivity contribution in [3.05, 3.63) is 57.7 Å². The van der Waals surface area contributed by atoms with Gasteiger partial charge in [0.15, 0.2) is 24.0 Å². The summed E-state index contributed by atoms with van der Waals surface area (Å²) in [7, 11) is 1.35. The van der Waals surface area contributed by atoms with E-state index in [-0.39, 0.29) is 78.9 Å². The second-order valence-corrected chi connectivity index (χ2v) is 18.3. The fourth-order valence-electron chi connectivity index (χ4n) is 11.8. The van der Waals surface area contributed by atoms with Crippen LogP contribution in [0.25, 0.3) is 10.9 Å². The number of carbonyl (C=O) groups excluding carboxylic acids is 4. The lowest BCUT2D eigenvalue weighted by Gasteiger charge is -2.59. The van der Waals surface area contributed by atoms with Crippen LogP contribution in [0.1, 0.15) is 88.5 Å². The molecular formula is C44H53FN4O11. The van der Waals surface area contributed by atoms with Crippen LogP contribution in [-0.2, 0) is 23.9 Å². The summed E-state index contributed by atoms with van der Waals surface area (Å²) in [4.78, 5) is 80.8. The molecule has 0 radical (unpaired) electrons. The molecule has 1 aliphatic heterocycles. The average Bonchev–Trinajstić information content (AvgIpc) is 4.00. The van der Waals surface area contributed by atoms with Gasteiger partial charge in [-0.15, -0.1) is 0 Å².